The molecule has 0 aliphatic heterocycles. The first kappa shape index (κ1) is 15.3. The van der Waals surface area contributed by atoms with E-state index in [2.05, 4.69) is 33.0 Å². The van der Waals surface area contributed by atoms with Crippen LogP contribution in [0.2, 0.25) is 0 Å². The van der Waals surface area contributed by atoms with Crippen molar-refractivity contribution in [3.8, 4) is 5.69 Å². The monoisotopic (exact) mass is 395 g/mol. The summed E-state index contributed by atoms with van der Waals surface area (Å²) in [6, 6.07) is 4.27. The number of aromatic nitrogens is 2. The van der Waals surface area contributed by atoms with Crippen molar-refractivity contribution in [2.45, 2.75) is 19.6 Å². The Hall–Kier alpha value is -1.09. The van der Waals surface area contributed by atoms with E-state index in [1.54, 1.807) is 18.5 Å². The van der Waals surface area contributed by atoms with E-state index >= 15 is 0 Å². The summed E-state index contributed by atoms with van der Waals surface area (Å²) in [6.45, 7) is 2.67. The standard InChI is InChI=1S/C13H13F3IN3/c1-2-18-6-9-3-4-11(5-12(9)13(14,15)16)20-8-10(17)7-19-20/h3-5,7-8,18H,2,6H2,1H3. The first-order chi connectivity index (χ1) is 9.41. The van der Waals surface area contributed by atoms with Crippen LogP contribution < -0.4 is 5.32 Å². The molecule has 2 rings (SSSR count). The lowest BCUT2D eigenvalue weighted by atomic mass is 10.1. The fourth-order valence-corrected chi connectivity index (χ4v) is 2.22. The smallest absolute Gasteiger partial charge is 0.313 e. The maximum atomic E-state index is 13.1. The lowest BCUT2D eigenvalue weighted by Gasteiger charge is -2.15. The Bertz CT molecular complexity index is 593. The van der Waals surface area contributed by atoms with Gasteiger partial charge in [0.15, 0.2) is 0 Å². The van der Waals surface area contributed by atoms with Gasteiger partial charge in [-0.3, -0.25) is 0 Å². The van der Waals surface area contributed by atoms with E-state index in [0.717, 1.165) is 9.64 Å². The molecule has 1 aromatic carbocycles. The first-order valence-corrected chi connectivity index (χ1v) is 7.11. The highest BCUT2D eigenvalue weighted by Crippen LogP contribution is 2.33. The molecular weight excluding hydrogens is 382 g/mol. The van der Waals surface area contributed by atoms with Gasteiger partial charge in [-0.15, -0.1) is 0 Å². The molecule has 108 valence electrons. The summed E-state index contributed by atoms with van der Waals surface area (Å²) < 4.78 is 41.7. The average Bonchev–Trinajstić information content (AvgIpc) is 2.82. The van der Waals surface area contributed by atoms with Crippen LogP contribution in [0.5, 0.6) is 0 Å². The van der Waals surface area contributed by atoms with Gasteiger partial charge >= 0.3 is 6.18 Å². The van der Waals surface area contributed by atoms with Gasteiger partial charge < -0.3 is 5.32 Å². The van der Waals surface area contributed by atoms with Gasteiger partial charge in [0, 0.05) is 12.7 Å². The number of benzene rings is 1. The van der Waals surface area contributed by atoms with Gasteiger partial charge in [0.2, 0.25) is 0 Å². The largest absolute Gasteiger partial charge is 0.416 e. The van der Waals surface area contributed by atoms with E-state index in [4.69, 9.17) is 0 Å². The van der Waals surface area contributed by atoms with E-state index in [-0.39, 0.29) is 12.1 Å². The van der Waals surface area contributed by atoms with Crippen LogP contribution in [0.25, 0.3) is 5.69 Å². The summed E-state index contributed by atoms with van der Waals surface area (Å²) in [6.07, 6.45) is -1.10. The van der Waals surface area contributed by atoms with Gasteiger partial charge in [0.25, 0.3) is 0 Å². The molecule has 0 saturated carbocycles. The summed E-state index contributed by atoms with van der Waals surface area (Å²) in [7, 11) is 0. The van der Waals surface area contributed by atoms with Gasteiger partial charge in [0.05, 0.1) is 21.0 Å². The fourth-order valence-electron chi connectivity index (χ4n) is 1.83. The molecule has 0 aliphatic carbocycles. The zero-order chi connectivity index (χ0) is 14.8. The van der Waals surface area contributed by atoms with Crippen LogP contribution in [0, 0.1) is 3.57 Å². The van der Waals surface area contributed by atoms with Crippen molar-refractivity contribution >= 4 is 22.6 Å². The van der Waals surface area contributed by atoms with Gasteiger partial charge in [-0.2, -0.15) is 18.3 Å². The molecule has 3 nitrogen and oxygen atoms in total. The Labute approximate surface area is 128 Å². The van der Waals surface area contributed by atoms with E-state index < -0.39 is 11.7 Å². The first-order valence-electron chi connectivity index (χ1n) is 6.03. The minimum absolute atomic E-state index is 0.197. The third kappa shape index (κ3) is 3.51. The SMILES string of the molecule is CCNCc1ccc(-n2cc(I)cn2)cc1C(F)(F)F. The molecule has 2 aromatic rings. The average molecular weight is 395 g/mol. The summed E-state index contributed by atoms with van der Waals surface area (Å²) in [5, 5.41) is 6.94. The fraction of sp³-hybridized carbons (Fsp3) is 0.308. The van der Waals surface area contributed by atoms with Crippen LogP contribution in [0.1, 0.15) is 18.1 Å². The number of alkyl halides is 3. The Kier molecular flexibility index (Phi) is 4.69. The van der Waals surface area contributed by atoms with Crippen molar-refractivity contribution in [1.82, 2.24) is 15.1 Å². The number of nitrogens with zero attached hydrogens (tertiary/aromatic N) is 2. The minimum Gasteiger partial charge on any atom is -0.313 e. The summed E-state index contributed by atoms with van der Waals surface area (Å²) in [4.78, 5) is 0. The zero-order valence-electron chi connectivity index (χ0n) is 10.7. The molecule has 0 aliphatic rings. The van der Waals surface area contributed by atoms with Gasteiger partial charge in [-0.05, 0) is 46.8 Å². The predicted octanol–water partition coefficient (Wildman–Crippen LogP) is 3.61. The Balaban J connectivity index is 2.43. The molecule has 0 amide bonds. The van der Waals surface area contributed by atoms with Crippen LogP contribution in [-0.4, -0.2) is 16.3 Å². The number of hydrogen-bond donors (Lipinski definition) is 1. The molecule has 0 radical (unpaired) electrons. The molecule has 7 heteroatoms. The summed E-state index contributed by atoms with van der Waals surface area (Å²) in [5.74, 6) is 0. The molecule has 0 bridgehead atoms. The van der Waals surface area contributed by atoms with Crippen LogP contribution >= 0.6 is 22.6 Å². The summed E-state index contributed by atoms with van der Waals surface area (Å²) >= 11 is 2.06. The Morgan fingerprint density at radius 2 is 2.10 bits per heavy atom. The quantitative estimate of drug-likeness (QED) is 0.802. The van der Waals surface area contributed by atoms with Crippen LogP contribution in [-0.2, 0) is 12.7 Å². The third-order valence-corrected chi connectivity index (χ3v) is 3.34. The highest BCUT2D eigenvalue weighted by molar-refractivity contribution is 14.1. The maximum absolute atomic E-state index is 13.1. The lowest BCUT2D eigenvalue weighted by molar-refractivity contribution is -0.138. The van der Waals surface area contributed by atoms with Crippen molar-refractivity contribution < 1.29 is 13.2 Å². The Morgan fingerprint density at radius 1 is 1.35 bits per heavy atom. The van der Waals surface area contributed by atoms with E-state index in [1.165, 1.54) is 10.7 Å². The molecule has 0 saturated heterocycles. The second kappa shape index (κ2) is 6.13. The molecule has 1 heterocycles. The Morgan fingerprint density at radius 3 is 2.65 bits per heavy atom. The molecule has 20 heavy (non-hydrogen) atoms. The molecular formula is C13H13F3IN3. The molecule has 1 aromatic heterocycles. The van der Waals surface area contributed by atoms with Crippen LogP contribution in [0.3, 0.4) is 0 Å². The third-order valence-electron chi connectivity index (χ3n) is 2.78. The second-order valence-electron chi connectivity index (χ2n) is 4.22. The van der Waals surface area contributed by atoms with Gasteiger partial charge in [-0.1, -0.05) is 13.0 Å². The van der Waals surface area contributed by atoms with Gasteiger partial charge in [-0.25, -0.2) is 4.68 Å². The topological polar surface area (TPSA) is 29.9 Å². The molecule has 1 N–H and O–H groups in total. The lowest BCUT2D eigenvalue weighted by Crippen LogP contribution is -2.17. The molecule has 0 atom stereocenters. The zero-order valence-corrected chi connectivity index (χ0v) is 12.9. The van der Waals surface area contributed by atoms with Crippen LogP contribution in [0.15, 0.2) is 30.6 Å². The highest BCUT2D eigenvalue weighted by atomic mass is 127. The number of rotatable bonds is 4. The molecule has 0 fully saturated rings. The van der Waals surface area contributed by atoms with E-state index in [1.807, 2.05) is 6.92 Å². The molecule has 0 unspecified atom stereocenters. The summed E-state index contributed by atoms with van der Waals surface area (Å²) in [5.41, 5.74) is 0.0203. The van der Waals surface area contributed by atoms with Crippen molar-refractivity contribution in [3.05, 3.63) is 45.3 Å². The molecule has 0 spiro atoms. The van der Waals surface area contributed by atoms with Crippen molar-refractivity contribution in [1.29, 1.82) is 0 Å². The number of halogens is 4. The van der Waals surface area contributed by atoms with Crippen LogP contribution in [0.4, 0.5) is 13.2 Å². The van der Waals surface area contributed by atoms with Crippen molar-refractivity contribution in [2.24, 2.45) is 0 Å². The second-order valence-corrected chi connectivity index (χ2v) is 5.47. The highest BCUT2D eigenvalue weighted by Gasteiger charge is 2.33. The van der Waals surface area contributed by atoms with E-state index in [0.29, 0.717) is 12.2 Å². The van der Waals surface area contributed by atoms with Gasteiger partial charge in [0.1, 0.15) is 0 Å². The number of hydrogen-bond acceptors (Lipinski definition) is 2. The minimum atomic E-state index is -4.37. The maximum Gasteiger partial charge on any atom is 0.416 e. The van der Waals surface area contributed by atoms with E-state index in [9.17, 15) is 13.2 Å². The normalized spacial score (nSPS) is 11.8. The van der Waals surface area contributed by atoms with Crippen molar-refractivity contribution in [3.63, 3.8) is 0 Å². The number of nitrogens with one attached hydrogen (secondary N) is 1. The predicted molar refractivity (Wildman–Crippen MR) is 78.7 cm³/mol. The van der Waals surface area contributed by atoms with Crippen molar-refractivity contribution in [2.75, 3.05) is 6.54 Å².